The third kappa shape index (κ3) is 4.44. The van der Waals surface area contributed by atoms with Crippen molar-refractivity contribution in [2.24, 2.45) is 0 Å². The fraction of sp³-hybridized carbons (Fsp3) is 0.636. The average molecular weight is 223 g/mol. The summed E-state index contributed by atoms with van der Waals surface area (Å²) in [7, 11) is 2.13. The van der Waals surface area contributed by atoms with Crippen molar-refractivity contribution in [2.45, 2.75) is 26.3 Å². The number of nitrogens with one attached hydrogen (secondary N) is 1. The Morgan fingerprint density at radius 3 is 2.88 bits per heavy atom. The normalized spacial score (nSPS) is 11.1. The van der Waals surface area contributed by atoms with Crippen molar-refractivity contribution in [1.82, 2.24) is 14.9 Å². The van der Waals surface area contributed by atoms with Crippen LogP contribution in [-0.2, 0) is 0 Å². The second-order valence-electron chi connectivity index (χ2n) is 4.15. The second-order valence-corrected chi connectivity index (χ2v) is 4.15. The molecule has 1 aromatic rings. The molecule has 0 unspecified atom stereocenters. The highest BCUT2D eigenvalue weighted by atomic mass is 15.1. The summed E-state index contributed by atoms with van der Waals surface area (Å²) in [5, 5.41) is 3.22. The van der Waals surface area contributed by atoms with Crippen LogP contribution in [0.3, 0.4) is 0 Å². The smallest absolute Gasteiger partial charge is 0.221 e. The molecule has 3 N–H and O–H groups in total. The molecule has 0 radical (unpaired) electrons. The molecule has 1 rings (SSSR count). The van der Waals surface area contributed by atoms with Crippen LogP contribution in [0.15, 0.2) is 12.3 Å². The lowest BCUT2D eigenvalue weighted by atomic mass is 10.3. The summed E-state index contributed by atoms with van der Waals surface area (Å²) >= 11 is 0. The number of nitrogen functional groups attached to an aromatic ring is 1. The molecule has 1 heterocycles. The average Bonchev–Trinajstić information content (AvgIpc) is 2.24. The zero-order chi connectivity index (χ0) is 12.0. The second kappa shape index (κ2) is 6.27. The van der Waals surface area contributed by atoms with Gasteiger partial charge in [0.05, 0.1) is 0 Å². The Morgan fingerprint density at radius 2 is 2.25 bits per heavy atom. The van der Waals surface area contributed by atoms with Gasteiger partial charge < -0.3 is 16.0 Å². The van der Waals surface area contributed by atoms with Crippen LogP contribution in [0.5, 0.6) is 0 Å². The zero-order valence-electron chi connectivity index (χ0n) is 10.3. The van der Waals surface area contributed by atoms with Crippen molar-refractivity contribution in [3.63, 3.8) is 0 Å². The Hall–Kier alpha value is -1.36. The minimum absolute atomic E-state index is 0.310. The molecule has 0 spiro atoms. The topological polar surface area (TPSA) is 67.1 Å². The first-order valence-electron chi connectivity index (χ1n) is 5.62. The van der Waals surface area contributed by atoms with Crippen molar-refractivity contribution in [3.05, 3.63) is 12.3 Å². The third-order valence-corrected chi connectivity index (χ3v) is 2.55. The molecule has 0 bridgehead atoms. The van der Waals surface area contributed by atoms with Gasteiger partial charge in [0.25, 0.3) is 0 Å². The first-order valence-corrected chi connectivity index (χ1v) is 5.62. The predicted molar refractivity (Wildman–Crippen MR) is 67.3 cm³/mol. The van der Waals surface area contributed by atoms with E-state index in [-0.39, 0.29) is 0 Å². The fourth-order valence-corrected chi connectivity index (χ4v) is 1.28. The van der Waals surface area contributed by atoms with Crippen LogP contribution < -0.4 is 11.1 Å². The van der Waals surface area contributed by atoms with E-state index in [0.29, 0.717) is 12.0 Å². The molecule has 90 valence electrons. The molecule has 0 fully saturated rings. The maximum atomic E-state index is 5.48. The molecule has 5 nitrogen and oxygen atoms in total. The summed E-state index contributed by atoms with van der Waals surface area (Å²) in [5.41, 5.74) is 5.48. The van der Waals surface area contributed by atoms with E-state index in [0.717, 1.165) is 25.3 Å². The van der Waals surface area contributed by atoms with Crippen molar-refractivity contribution in [1.29, 1.82) is 0 Å². The van der Waals surface area contributed by atoms with Gasteiger partial charge in [0.2, 0.25) is 5.95 Å². The summed E-state index contributed by atoms with van der Waals surface area (Å²) in [6, 6.07) is 2.41. The van der Waals surface area contributed by atoms with E-state index in [9.17, 15) is 0 Å². The summed E-state index contributed by atoms with van der Waals surface area (Å²) in [5.74, 6) is 1.10. The highest BCUT2D eigenvalue weighted by molar-refractivity contribution is 5.36. The Bertz CT molecular complexity index is 313. The van der Waals surface area contributed by atoms with Crippen LogP contribution in [0.2, 0.25) is 0 Å². The highest BCUT2D eigenvalue weighted by Crippen LogP contribution is 2.02. The van der Waals surface area contributed by atoms with Crippen LogP contribution >= 0.6 is 0 Å². The molecule has 16 heavy (non-hydrogen) atoms. The minimum Gasteiger partial charge on any atom is -0.370 e. The molecule has 0 saturated heterocycles. The number of nitrogens with two attached hydrogens (primary N) is 1. The fourth-order valence-electron chi connectivity index (χ4n) is 1.28. The van der Waals surface area contributed by atoms with Gasteiger partial charge in [-0.25, -0.2) is 4.98 Å². The number of rotatable bonds is 6. The van der Waals surface area contributed by atoms with Crippen molar-refractivity contribution in [2.75, 3.05) is 31.2 Å². The molecular weight excluding hydrogens is 202 g/mol. The molecule has 0 aliphatic carbocycles. The number of aromatic nitrogens is 2. The quantitative estimate of drug-likeness (QED) is 0.709. The minimum atomic E-state index is 0.310. The molecule has 0 aromatic carbocycles. The predicted octanol–water partition coefficient (Wildman–Crippen LogP) is 1.20. The lowest BCUT2D eigenvalue weighted by Crippen LogP contribution is -2.28. The van der Waals surface area contributed by atoms with Gasteiger partial charge in [-0.1, -0.05) is 0 Å². The first kappa shape index (κ1) is 12.7. The van der Waals surface area contributed by atoms with Crippen LogP contribution in [0.25, 0.3) is 0 Å². The van der Waals surface area contributed by atoms with E-state index in [2.05, 4.69) is 41.1 Å². The van der Waals surface area contributed by atoms with E-state index in [1.807, 2.05) is 6.07 Å². The summed E-state index contributed by atoms with van der Waals surface area (Å²) in [6.07, 6.45) is 2.74. The van der Waals surface area contributed by atoms with Crippen LogP contribution in [0, 0.1) is 0 Å². The number of hydrogen-bond acceptors (Lipinski definition) is 5. The number of anilines is 2. The Morgan fingerprint density at radius 1 is 1.50 bits per heavy atom. The van der Waals surface area contributed by atoms with Crippen molar-refractivity contribution < 1.29 is 0 Å². The largest absolute Gasteiger partial charge is 0.370 e. The molecule has 1 aromatic heterocycles. The maximum absolute atomic E-state index is 5.48. The maximum Gasteiger partial charge on any atom is 0.221 e. The summed E-state index contributed by atoms with van der Waals surface area (Å²) < 4.78 is 0. The first-order chi connectivity index (χ1) is 7.59. The number of nitrogens with zero attached hydrogens (tertiary/aromatic N) is 3. The standard InChI is InChI=1S/C11H21N5/c1-9(2)16(3)8-4-6-13-10-5-7-14-11(12)15-10/h5,7,9H,4,6,8H2,1-3H3,(H3,12,13,14,15). The molecule has 0 amide bonds. The highest BCUT2D eigenvalue weighted by Gasteiger charge is 2.01. The third-order valence-electron chi connectivity index (χ3n) is 2.55. The molecule has 0 aliphatic rings. The van der Waals surface area contributed by atoms with E-state index >= 15 is 0 Å². The van der Waals surface area contributed by atoms with E-state index in [1.54, 1.807) is 6.20 Å². The van der Waals surface area contributed by atoms with Crippen molar-refractivity contribution >= 4 is 11.8 Å². The summed E-state index contributed by atoms with van der Waals surface area (Å²) in [6.45, 7) is 6.36. The Kier molecular flexibility index (Phi) is 4.98. The van der Waals surface area contributed by atoms with E-state index in [1.165, 1.54) is 0 Å². The monoisotopic (exact) mass is 223 g/mol. The lowest BCUT2D eigenvalue weighted by Gasteiger charge is -2.20. The SMILES string of the molecule is CC(C)N(C)CCCNc1ccnc(N)n1. The Balaban J connectivity index is 2.21. The van der Waals surface area contributed by atoms with Gasteiger partial charge in [-0.2, -0.15) is 4.98 Å². The van der Waals surface area contributed by atoms with Crippen LogP contribution in [0.4, 0.5) is 11.8 Å². The van der Waals surface area contributed by atoms with Crippen molar-refractivity contribution in [3.8, 4) is 0 Å². The molecule has 0 aliphatic heterocycles. The summed E-state index contributed by atoms with van der Waals surface area (Å²) in [4.78, 5) is 10.2. The van der Waals surface area contributed by atoms with Gasteiger partial charge >= 0.3 is 0 Å². The van der Waals surface area contributed by atoms with Gasteiger partial charge in [0.15, 0.2) is 0 Å². The van der Waals surface area contributed by atoms with E-state index in [4.69, 9.17) is 5.73 Å². The van der Waals surface area contributed by atoms with Crippen LogP contribution in [-0.4, -0.2) is 41.0 Å². The molecule has 5 heteroatoms. The van der Waals surface area contributed by atoms with Gasteiger partial charge in [0, 0.05) is 18.8 Å². The van der Waals surface area contributed by atoms with Gasteiger partial charge in [-0.05, 0) is 39.9 Å². The molecular formula is C11H21N5. The zero-order valence-corrected chi connectivity index (χ0v) is 10.3. The number of hydrogen-bond donors (Lipinski definition) is 2. The van der Waals surface area contributed by atoms with Gasteiger partial charge in [-0.3, -0.25) is 0 Å². The van der Waals surface area contributed by atoms with E-state index < -0.39 is 0 Å². The lowest BCUT2D eigenvalue weighted by molar-refractivity contribution is 0.273. The molecule has 0 saturated carbocycles. The Labute approximate surface area is 97.1 Å². The van der Waals surface area contributed by atoms with Gasteiger partial charge in [-0.15, -0.1) is 0 Å². The molecule has 0 atom stereocenters. The van der Waals surface area contributed by atoms with Crippen LogP contribution in [0.1, 0.15) is 20.3 Å². The van der Waals surface area contributed by atoms with Gasteiger partial charge in [0.1, 0.15) is 5.82 Å².